The minimum absolute atomic E-state index is 1.09. The summed E-state index contributed by atoms with van der Waals surface area (Å²) in [5.74, 6) is 0. The molecule has 0 saturated heterocycles. The van der Waals surface area contributed by atoms with E-state index >= 15 is 0 Å². The Balaban J connectivity index is 2.45. The van der Waals surface area contributed by atoms with Crippen LogP contribution in [0.15, 0.2) is 23.9 Å². The highest BCUT2D eigenvalue weighted by atomic mass is 14.8. The summed E-state index contributed by atoms with van der Waals surface area (Å²) >= 11 is 0. The lowest BCUT2D eigenvalue weighted by Gasteiger charge is -2.00. The van der Waals surface area contributed by atoms with E-state index < -0.39 is 0 Å². The molecule has 1 rings (SSSR count). The molecule has 0 heterocycles. The molecule has 0 saturated carbocycles. The second-order valence-corrected chi connectivity index (χ2v) is 2.23. The average Bonchev–Trinajstić information content (AvgIpc) is 2.13. The molecule has 50 valence electrons. The zero-order chi connectivity index (χ0) is 6.53. The SMILES string of the molecule is CNC1=CCC=CCC1. The fourth-order valence-corrected chi connectivity index (χ4v) is 0.992. The highest BCUT2D eigenvalue weighted by Gasteiger charge is 1.93. The van der Waals surface area contributed by atoms with Gasteiger partial charge in [-0.05, 0) is 19.3 Å². The van der Waals surface area contributed by atoms with Gasteiger partial charge in [0.1, 0.15) is 0 Å². The smallest absolute Gasteiger partial charge is 0.00697 e. The third-order valence-electron chi connectivity index (χ3n) is 1.57. The Morgan fingerprint density at radius 1 is 1.44 bits per heavy atom. The molecular weight excluding hydrogens is 110 g/mol. The van der Waals surface area contributed by atoms with Gasteiger partial charge in [0.2, 0.25) is 0 Å². The summed E-state index contributed by atoms with van der Waals surface area (Å²) in [5, 5.41) is 3.16. The molecule has 0 radical (unpaired) electrons. The number of nitrogens with one attached hydrogen (secondary N) is 1. The molecule has 9 heavy (non-hydrogen) atoms. The van der Waals surface area contributed by atoms with Gasteiger partial charge in [0.25, 0.3) is 0 Å². The third kappa shape index (κ3) is 1.92. The summed E-state index contributed by atoms with van der Waals surface area (Å²) in [7, 11) is 1.98. The first-order valence-electron chi connectivity index (χ1n) is 3.45. The fraction of sp³-hybridized carbons (Fsp3) is 0.500. The summed E-state index contributed by atoms with van der Waals surface area (Å²) in [6, 6.07) is 0. The minimum Gasteiger partial charge on any atom is -0.392 e. The largest absolute Gasteiger partial charge is 0.392 e. The van der Waals surface area contributed by atoms with Crippen molar-refractivity contribution in [1.29, 1.82) is 0 Å². The third-order valence-corrected chi connectivity index (χ3v) is 1.57. The molecule has 0 atom stereocenters. The Labute approximate surface area is 56.5 Å². The van der Waals surface area contributed by atoms with E-state index in [1.54, 1.807) is 0 Å². The van der Waals surface area contributed by atoms with Gasteiger partial charge in [0, 0.05) is 12.7 Å². The van der Waals surface area contributed by atoms with E-state index in [0.29, 0.717) is 0 Å². The quantitative estimate of drug-likeness (QED) is 0.524. The van der Waals surface area contributed by atoms with Crippen LogP contribution in [0.1, 0.15) is 19.3 Å². The van der Waals surface area contributed by atoms with Crippen molar-refractivity contribution in [3.05, 3.63) is 23.9 Å². The van der Waals surface area contributed by atoms with Crippen LogP contribution in [0, 0.1) is 0 Å². The van der Waals surface area contributed by atoms with Crippen LogP contribution in [0.4, 0.5) is 0 Å². The molecule has 1 aliphatic carbocycles. The summed E-state index contributed by atoms with van der Waals surface area (Å²) in [6.45, 7) is 0. The molecule has 0 aliphatic heterocycles. The molecule has 0 spiro atoms. The van der Waals surface area contributed by atoms with Crippen LogP contribution in [0.25, 0.3) is 0 Å². The lowest BCUT2D eigenvalue weighted by molar-refractivity contribution is 0.854. The molecule has 0 fully saturated rings. The highest BCUT2D eigenvalue weighted by Crippen LogP contribution is 2.07. The summed E-state index contributed by atoms with van der Waals surface area (Å²) in [4.78, 5) is 0. The zero-order valence-corrected chi connectivity index (χ0v) is 5.85. The van der Waals surface area contributed by atoms with Gasteiger partial charge in [-0.2, -0.15) is 0 Å². The maximum absolute atomic E-state index is 3.16. The topological polar surface area (TPSA) is 12.0 Å². The lowest BCUT2D eigenvalue weighted by atomic mass is 10.2. The molecular formula is C8H13N. The zero-order valence-electron chi connectivity index (χ0n) is 5.85. The molecule has 0 unspecified atom stereocenters. The Morgan fingerprint density at radius 3 is 3.11 bits per heavy atom. The van der Waals surface area contributed by atoms with Crippen molar-refractivity contribution < 1.29 is 0 Å². The van der Waals surface area contributed by atoms with E-state index in [9.17, 15) is 0 Å². The van der Waals surface area contributed by atoms with E-state index in [1.165, 1.54) is 18.5 Å². The molecule has 0 aromatic rings. The van der Waals surface area contributed by atoms with Crippen molar-refractivity contribution >= 4 is 0 Å². The number of rotatable bonds is 1. The number of hydrogen-bond donors (Lipinski definition) is 1. The predicted octanol–water partition coefficient (Wildman–Crippen LogP) is 1.83. The normalized spacial score (nSPS) is 18.6. The van der Waals surface area contributed by atoms with Gasteiger partial charge in [-0.1, -0.05) is 18.2 Å². The van der Waals surface area contributed by atoms with Crippen LogP contribution in [-0.2, 0) is 0 Å². The second kappa shape index (κ2) is 3.33. The van der Waals surface area contributed by atoms with Crippen LogP contribution in [0.3, 0.4) is 0 Å². The van der Waals surface area contributed by atoms with Crippen molar-refractivity contribution in [2.45, 2.75) is 19.3 Å². The van der Waals surface area contributed by atoms with Gasteiger partial charge in [0.05, 0.1) is 0 Å². The fourth-order valence-electron chi connectivity index (χ4n) is 0.992. The molecule has 1 N–H and O–H groups in total. The molecule has 1 nitrogen and oxygen atoms in total. The average molecular weight is 123 g/mol. The van der Waals surface area contributed by atoms with Gasteiger partial charge in [-0.25, -0.2) is 0 Å². The molecule has 0 amide bonds. The molecule has 1 heteroatoms. The first-order valence-corrected chi connectivity index (χ1v) is 3.45. The molecule has 0 aromatic carbocycles. The molecule has 0 aromatic heterocycles. The molecule has 0 bridgehead atoms. The lowest BCUT2D eigenvalue weighted by Crippen LogP contribution is -2.04. The van der Waals surface area contributed by atoms with Crippen LogP contribution in [0.5, 0.6) is 0 Å². The van der Waals surface area contributed by atoms with Crippen molar-refractivity contribution in [1.82, 2.24) is 5.32 Å². The van der Waals surface area contributed by atoms with E-state index in [-0.39, 0.29) is 0 Å². The standard InChI is InChI=1S/C8H13N/c1-9-8-6-4-2-3-5-7-8/h2-3,6,9H,4-5,7H2,1H3. The minimum atomic E-state index is 1.09. The molecule has 1 aliphatic rings. The first-order chi connectivity index (χ1) is 4.43. The second-order valence-electron chi connectivity index (χ2n) is 2.23. The van der Waals surface area contributed by atoms with E-state index in [1.807, 2.05) is 7.05 Å². The van der Waals surface area contributed by atoms with E-state index in [0.717, 1.165) is 6.42 Å². The summed E-state index contributed by atoms with van der Waals surface area (Å²) in [5.41, 5.74) is 1.38. The number of allylic oxidation sites excluding steroid dienone is 4. The number of hydrogen-bond acceptors (Lipinski definition) is 1. The summed E-state index contributed by atoms with van der Waals surface area (Å²) < 4.78 is 0. The van der Waals surface area contributed by atoms with E-state index in [2.05, 4.69) is 23.5 Å². The van der Waals surface area contributed by atoms with Crippen LogP contribution >= 0.6 is 0 Å². The monoisotopic (exact) mass is 123 g/mol. The van der Waals surface area contributed by atoms with Gasteiger partial charge < -0.3 is 5.32 Å². The van der Waals surface area contributed by atoms with Gasteiger partial charge >= 0.3 is 0 Å². The first kappa shape index (κ1) is 6.40. The van der Waals surface area contributed by atoms with Crippen LogP contribution in [-0.4, -0.2) is 7.05 Å². The Bertz CT molecular complexity index is 134. The van der Waals surface area contributed by atoms with Crippen molar-refractivity contribution in [3.8, 4) is 0 Å². The maximum Gasteiger partial charge on any atom is 0.00697 e. The van der Waals surface area contributed by atoms with Gasteiger partial charge in [-0.3, -0.25) is 0 Å². The van der Waals surface area contributed by atoms with Crippen LogP contribution in [0.2, 0.25) is 0 Å². The maximum atomic E-state index is 3.16. The highest BCUT2D eigenvalue weighted by molar-refractivity contribution is 5.07. The Kier molecular flexibility index (Phi) is 2.37. The Hall–Kier alpha value is -0.720. The van der Waals surface area contributed by atoms with Crippen molar-refractivity contribution in [2.75, 3.05) is 7.05 Å². The van der Waals surface area contributed by atoms with Gasteiger partial charge in [-0.15, -0.1) is 0 Å². The van der Waals surface area contributed by atoms with Crippen LogP contribution < -0.4 is 5.32 Å². The summed E-state index contributed by atoms with van der Waals surface area (Å²) in [6.07, 6.45) is 10.1. The van der Waals surface area contributed by atoms with E-state index in [4.69, 9.17) is 0 Å². The predicted molar refractivity (Wildman–Crippen MR) is 40.1 cm³/mol. The van der Waals surface area contributed by atoms with Crippen molar-refractivity contribution in [2.24, 2.45) is 0 Å². The van der Waals surface area contributed by atoms with Gasteiger partial charge in [0.15, 0.2) is 0 Å². The Morgan fingerprint density at radius 2 is 2.33 bits per heavy atom. The van der Waals surface area contributed by atoms with Crippen molar-refractivity contribution in [3.63, 3.8) is 0 Å².